The van der Waals surface area contributed by atoms with E-state index in [-0.39, 0.29) is 23.2 Å². The number of nitro benzene ring substituents is 1. The monoisotopic (exact) mass is 404 g/mol. The molecule has 10 heteroatoms. The molecule has 0 unspecified atom stereocenters. The lowest BCUT2D eigenvalue weighted by atomic mass is 10.1. The predicted octanol–water partition coefficient (Wildman–Crippen LogP) is 4.34. The Labute approximate surface area is 163 Å². The summed E-state index contributed by atoms with van der Waals surface area (Å²) >= 11 is 1.18. The first-order chi connectivity index (χ1) is 13.3. The van der Waals surface area contributed by atoms with Crippen molar-refractivity contribution in [1.29, 1.82) is 0 Å². The fourth-order valence-corrected chi connectivity index (χ4v) is 2.69. The maximum absolute atomic E-state index is 12.6. The Bertz CT molecular complexity index is 943. The summed E-state index contributed by atoms with van der Waals surface area (Å²) in [4.78, 5) is 24.3. The number of carboxylic acid groups (broad SMARTS) is 1. The Morgan fingerprint density at radius 3 is 2.32 bits per heavy atom. The lowest BCUT2D eigenvalue weighted by Crippen LogP contribution is -2.04. The molecule has 0 amide bonds. The van der Waals surface area contributed by atoms with E-state index in [1.165, 1.54) is 41.0 Å². The number of aromatic nitrogens is 1. The molecule has 0 fully saturated rings. The van der Waals surface area contributed by atoms with Crippen LogP contribution >= 0.6 is 11.3 Å². The third-order valence-electron chi connectivity index (χ3n) is 3.45. The molecule has 4 N–H and O–H groups in total. The normalized spacial score (nSPS) is 11.1. The van der Waals surface area contributed by atoms with Gasteiger partial charge in [0.15, 0.2) is 10.8 Å². The fourth-order valence-electron chi connectivity index (χ4n) is 1.99. The van der Waals surface area contributed by atoms with Crippen molar-refractivity contribution in [1.82, 2.24) is 4.98 Å². The van der Waals surface area contributed by atoms with Crippen molar-refractivity contribution >= 4 is 33.8 Å². The summed E-state index contributed by atoms with van der Waals surface area (Å²) in [6.45, 7) is 1.83. The van der Waals surface area contributed by atoms with E-state index >= 15 is 0 Å². The number of carboxylic acids is 1. The van der Waals surface area contributed by atoms with Gasteiger partial charge in [-0.1, -0.05) is 12.1 Å². The topological polar surface area (TPSA) is 131 Å². The number of nitrogens with one attached hydrogen (secondary N) is 1. The van der Waals surface area contributed by atoms with Gasteiger partial charge in [0, 0.05) is 29.2 Å². The maximum Gasteiger partial charge on any atom is 0.355 e. The number of aromatic carboxylic acids is 1. The van der Waals surface area contributed by atoms with Crippen LogP contribution in [0.25, 0.3) is 0 Å². The van der Waals surface area contributed by atoms with Gasteiger partial charge >= 0.3 is 5.97 Å². The minimum absolute atomic E-state index is 0.00499. The molecule has 1 atom stereocenters. The van der Waals surface area contributed by atoms with Crippen LogP contribution in [0.1, 0.15) is 29.0 Å². The van der Waals surface area contributed by atoms with Gasteiger partial charge in [-0.05, 0) is 36.8 Å². The van der Waals surface area contributed by atoms with Gasteiger partial charge < -0.3 is 16.2 Å². The van der Waals surface area contributed by atoms with Crippen molar-refractivity contribution in [2.75, 3.05) is 5.32 Å². The van der Waals surface area contributed by atoms with E-state index in [1.807, 2.05) is 6.92 Å². The average Bonchev–Trinajstić information content (AvgIpc) is 3.13. The van der Waals surface area contributed by atoms with Crippen LogP contribution in [-0.2, 0) is 0 Å². The van der Waals surface area contributed by atoms with E-state index in [1.54, 1.807) is 24.3 Å². The summed E-state index contributed by atoms with van der Waals surface area (Å²) in [6, 6.07) is 11.9. The quantitative estimate of drug-likeness (QED) is 0.426. The molecule has 0 saturated heterocycles. The molecule has 0 aliphatic rings. The summed E-state index contributed by atoms with van der Waals surface area (Å²) in [5.74, 6) is -1.39. The number of thiazole rings is 1. The number of hydrogen-bond donors (Lipinski definition) is 3. The molecule has 1 aromatic heterocycles. The highest BCUT2D eigenvalue weighted by Crippen LogP contribution is 2.21. The Morgan fingerprint density at radius 1 is 1.25 bits per heavy atom. The molecular formula is C18H17FN4O4S. The number of non-ortho nitro benzene ring substituents is 1. The van der Waals surface area contributed by atoms with Gasteiger partial charge in [-0.3, -0.25) is 10.1 Å². The second-order valence-corrected chi connectivity index (χ2v) is 6.47. The zero-order chi connectivity index (χ0) is 20.7. The van der Waals surface area contributed by atoms with Crippen LogP contribution in [0.5, 0.6) is 0 Å². The summed E-state index contributed by atoms with van der Waals surface area (Å²) in [7, 11) is 0. The van der Waals surface area contributed by atoms with E-state index < -0.39 is 10.9 Å². The van der Waals surface area contributed by atoms with Gasteiger partial charge in [0.1, 0.15) is 5.82 Å². The number of benzene rings is 2. The van der Waals surface area contributed by atoms with E-state index in [2.05, 4.69) is 10.3 Å². The van der Waals surface area contributed by atoms with E-state index in [0.717, 1.165) is 5.56 Å². The van der Waals surface area contributed by atoms with E-state index in [4.69, 9.17) is 10.8 Å². The number of anilines is 2. The third-order valence-corrected chi connectivity index (χ3v) is 4.21. The molecule has 3 aromatic rings. The van der Waals surface area contributed by atoms with Gasteiger partial charge in [-0.2, -0.15) is 0 Å². The number of carbonyl (C=O) groups is 1. The molecule has 146 valence electrons. The minimum atomic E-state index is -1.07. The number of halogens is 1. The Balaban J connectivity index is 0.000000209. The molecule has 3 rings (SSSR count). The van der Waals surface area contributed by atoms with Crippen LogP contribution in [-0.4, -0.2) is 21.0 Å². The summed E-state index contributed by atoms with van der Waals surface area (Å²) in [5.41, 5.74) is 7.22. The van der Waals surface area contributed by atoms with Gasteiger partial charge in [-0.25, -0.2) is 14.2 Å². The third kappa shape index (κ3) is 6.11. The second kappa shape index (κ2) is 9.53. The zero-order valence-corrected chi connectivity index (χ0v) is 15.5. The molecule has 0 spiro atoms. The molecule has 28 heavy (non-hydrogen) atoms. The van der Waals surface area contributed by atoms with Crippen LogP contribution in [0.2, 0.25) is 0 Å². The van der Waals surface area contributed by atoms with Crippen molar-refractivity contribution in [3.05, 3.63) is 81.1 Å². The number of nitrogens with zero attached hydrogens (tertiary/aromatic N) is 2. The van der Waals surface area contributed by atoms with Crippen molar-refractivity contribution in [2.45, 2.75) is 13.0 Å². The van der Waals surface area contributed by atoms with E-state index in [9.17, 15) is 19.3 Å². The van der Waals surface area contributed by atoms with Gasteiger partial charge in [0.25, 0.3) is 5.69 Å². The van der Waals surface area contributed by atoms with Crippen molar-refractivity contribution < 1.29 is 19.2 Å². The number of hydrogen-bond acceptors (Lipinski definition) is 7. The zero-order valence-electron chi connectivity index (χ0n) is 14.7. The van der Waals surface area contributed by atoms with Crippen LogP contribution in [0, 0.1) is 15.9 Å². The summed E-state index contributed by atoms with van der Waals surface area (Å²) < 4.78 is 12.6. The van der Waals surface area contributed by atoms with Crippen molar-refractivity contribution in [3.8, 4) is 0 Å². The standard InChI is InChI=1S/C10H7FN2O2S.C8H10N2O2/c11-6-1-3-7(4-2-6)12-10-13-8(5-16-10)9(14)15;1-6(9)7-2-4-8(5-3-7)10(11)12/h1-5H,(H,12,13)(H,14,15);2-6H,9H2,1H3/t;6-/m.1/s1. The fraction of sp³-hybridized carbons (Fsp3) is 0.111. The van der Waals surface area contributed by atoms with Gasteiger partial charge in [0.05, 0.1) is 4.92 Å². The van der Waals surface area contributed by atoms with Crippen LogP contribution < -0.4 is 11.1 Å². The van der Waals surface area contributed by atoms with Crippen molar-refractivity contribution in [3.63, 3.8) is 0 Å². The molecule has 0 saturated carbocycles. The maximum atomic E-state index is 12.6. The SMILES string of the molecule is C[C@@H](N)c1ccc([N+](=O)[O-])cc1.O=C(O)c1csc(Nc2ccc(F)cc2)n1. The van der Waals surface area contributed by atoms with Gasteiger partial charge in [0.2, 0.25) is 0 Å². The first-order valence-corrected chi connectivity index (χ1v) is 8.85. The van der Waals surface area contributed by atoms with Crippen LogP contribution in [0.3, 0.4) is 0 Å². The van der Waals surface area contributed by atoms with Crippen molar-refractivity contribution in [2.24, 2.45) is 5.73 Å². The highest BCUT2D eigenvalue weighted by Gasteiger charge is 2.08. The summed E-state index contributed by atoms with van der Waals surface area (Å²) in [5, 5.41) is 23.7. The highest BCUT2D eigenvalue weighted by molar-refractivity contribution is 7.14. The van der Waals surface area contributed by atoms with E-state index in [0.29, 0.717) is 10.8 Å². The molecule has 8 nitrogen and oxygen atoms in total. The smallest absolute Gasteiger partial charge is 0.355 e. The molecule has 0 radical (unpaired) electrons. The lowest BCUT2D eigenvalue weighted by molar-refractivity contribution is -0.384. The molecule has 0 aliphatic heterocycles. The van der Waals surface area contributed by atoms with Gasteiger partial charge in [-0.15, -0.1) is 11.3 Å². The molecule has 0 aliphatic carbocycles. The molecule has 0 bridgehead atoms. The summed E-state index contributed by atoms with van der Waals surface area (Å²) in [6.07, 6.45) is 0. The Kier molecular flexibility index (Phi) is 7.13. The first kappa shape index (κ1) is 20.9. The molecule has 1 heterocycles. The van der Waals surface area contributed by atoms with Crippen LogP contribution in [0.4, 0.5) is 20.9 Å². The predicted molar refractivity (Wildman–Crippen MR) is 104 cm³/mol. The molecular weight excluding hydrogens is 387 g/mol. The number of nitrogens with two attached hydrogens (primary N) is 1. The minimum Gasteiger partial charge on any atom is -0.476 e. The lowest BCUT2D eigenvalue weighted by Gasteiger charge is -2.03. The second-order valence-electron chi connectivity index (χ2n) is 5.61. The Morgan fingerprint density at radius 2 is 1.86 bits per heavy atom. The Hall–Kier alpha value is -3.37. The average molecular weight is 404 g/mol. The number of nitro groups is 1. The number of rotatable bonds is 5. The van der Waals surface area contributed by atoms with Crippen LogP contribution in [0.15, 0.2) is 53.9 Å². The largest absolute Gasteiger partial charge is 0.476 e. The first-order valence-electron chi connectivity index (χ1n) is 7.97. The molecule has 2 aromatic carbocycles. The highest BCUT2D eigenvalue weighted by atomic mass is 32.1.